The van der Waals surface area contributed by atoms with Gasteiger partial charge in [0.2, 0.25) is 69.5 Å². The molecule has 0 atom stereocenters. The molecule has 0 saturated heterocycles. The first-order valence-electron chi connectivity index (χ1n) is 25.4. The zero-order valence-corrected chi connectivity index (χ0v) is 46.9. The smallest absolute Gasteiger partial charge is 0.208 e. The summed E-state index contributed by atoms with van der Waals surface area (Å²) in [5, 5.41) is 0. The van der Waals surface area contributed by atoms with Gasteiger partial charge in [0.05, 0.1) is 0 Å². The summed E-state index contributed by atoms with van der Waals surface area (Å²) in [4.78, 5) is 0. The molecule has 0 aliphatic rings. The molecule has 8 aromatic carbocycles. The van der Waals surface area contributed by atoms with E-state index in [4.69, 9.17) is 28.4 Å². The minimum Gasteiger partial charge on any atom is -0.457 e. The Hall–Kier alpha value is -8.00. The molecule has 412 valence electrons. The highest BCUT2D eigenvalue weighted by atomic mass is 19.2. The first-order chi connectivity index (χ1) is 37.0. The number of hydrogen-bond donors (Lipinski definition) is 0. The SMILES string of the molecule is Cc1cc(C)c(Oc2c(F)c(F)c(Oc3c(C)cc(Oc4c(C)cc(C(C)(C)c5cc(C)c(Oc6cc(C)c(Oc7c(F)c(F)c(Oc8c(C)cc(C)cc8C)c(F)c7F)c(C)c6)c(C)c5)cc4C)cc3C)c(F)c2F)c(C)c1. The van der Waals surface area contributed by atoms with Crippen LogP contribution >= 0.6 is 0 Å². The molecule has 0 aliphatic heterocycles. The van der Waals surface area contributed by atoms with Crippen LogP contribution in [0.2, 0.25) is 0 Å². The second-order valence-corrected chi connectivity index (χ2v) is 21.2. The van der Waals surface area contributed by atoms with Crippen LogP contribution in [0.1, 0.15) is 103 Å². The van der Waals surface area contributed by atoms with Gasteiger partial charge in [0.15, 0.2) is 0 Å². The predicted molar refractivity (Wildman–Crippen MR) is 290 cm³/mol. The summed E-state index contributed by atoms with van der Waals surface area (Å²) < 4.78 is 159. The van der Waals surface area contributed by atoms with Crippen molar-refractivity contribution in [2.75, 3.05) is 0 Å². The molecule has 79 heavy (non-hydrogen) atoms. The minimum atomic E-state index is -1.75. The van der Waals surface area contributed by atoms with Crippen LogP contribution in [-0.2, 0) is 5.41 Å². The number of hydrogen-bond acceptors (Lipinski definition) is 6. The van der Waals surface area contributed by atoms with E-state index in [1.54, 1.807) is 104 Å². The average Bonchev–Trinajstić information content (AvgIpc) is 3.35. The predicted octanol–water partition coefficient (Wildman–Crippen LogP) is 20.2. The van der Waals surface area contributed by atoms with Crippen molar-refractivity contribution < 1.29 is 63.5 Å². The molecule has 0 spiro atoms. The van der Waals surface area contributed by atoms with Gasteiger partial charge in [0, 0.05) is 5.41 Å². The lowest BCUT2D eigenvalue weighted by molar-refractivity contribution is 0.328. The first kappa shape index (κ1) is 57.2. The monoisotopic (exact) mass is 1090 g/mol. The van der Waals surface area contributed by atoms with E-state index in [9.17, 15) is 0 Å². The summed E-state index contributed by atoms with van der Waals surface area (Å²) >= 11 is 0. The molecule has 8 rings (SSSR count). The van der Waals surface area contributed by atoms with E-state index in [0.29, 0.717) is 67.5 Å². The molecular formula is C65H60F8O6. The van der Waals surface area contributed by atoms with E-state index in [2.05, 4.69) is 13.8 Å². The van der Waals surface area contributed by atoms with E-state index in [1.807, 2.05) is 65.8 Å². The van der Waals surface area contributed by atoms with Crippen molar-refractivity contribution >= 4 is 0 Å². The molecule has 6 nitrogen and oxygen atoms in total. The molecular weight excluding hydrogens is 1030 g/mol. The van der Waals surface area contributed by atoms with Crippen molar-refractivity contribution in [3.63, 3.8) is 0 Å². The second kappa shape index (κ2) is 21.7. The van der Waals surface area contributed by atoms with E-state index in [-0.39, 0.29) is 23.0 Å². The van der Waals surface area contributed by atoms with Gasteiger partial charge in [0.25, 0.3) is 0 Å². The van der Waals surface area contributed by atoms with Crippen molar-refractivity contribution in [2.24, 2.45) is 0 Å². The summed E-state index contributed by atoms with van der Waals surface area (Å²) in [6.07, 6.45) is 0. The second-order valence-electron chi connectivity index (χ2n) is 21.2. The molecule has 8 aromatic rings. The maximum atomic E-state index is 15.6. The minimum absolute atomic E-state index is 0.0228. The normalized spacial score (nSPS) is 11.5. The summed E-state index contributed by atoms with van der Waals surface area (Å²) in [6, 6.07) is 21.4. The number of halogens is 8. The third-order valence-corrected chi connectivity index (χ3v) is 14.1. The Balaban J connectivity index is 0.982. The topological polar surface area (TPSA) is 55.4 Å². The van der Waals surface area contributed by atoms with Gasteiger partial charge in [-0.05, 0) is 199 Å². The number of rotatable bonds is 14. The Labute approximate surface area is 455 Å². The third kappa shape index (κ3) is 10.9. The fourth-order valence-electron chi connectivity index (χ4n) is 10.2. The van der Waals surface area contributed by atoms with Gasteiger partial charge < -0.3 is 28.4 Å². The summed E-state index contributed by atoms with van der Waals surface area (Å²) in [7, 11) is 0. The fraction of sp³-hybridized carbons (Fsp3) is 0.262. The Bertz CT molecular complexity index is 3360. The lowest BCUT2D eigenvalue weighted by Gasteiger charge is -2.29. The first-order valence-corrected chi connectivity index (χ1v) is 25.4. The van der Waals surface area contributed by atoms with Crippen LogP contribution in [0, 0.1) is 143 Å². The Kier molecular flexibility index (Phi) is 15.7. The number of aryl methyl sites for hydroxylation is 14. The molecule has 0 aromatic heterocycles. The highest BCUT2D eigenvalue weighted by Crippen LogP contribution is 2.47. The quantitative estimate of drug-likeness (QED) is 0.0799. The van der Waals surface area contributed by atoms with E-state index < -0.39 is 75.0 Å². The van der Waals surface area contributed by atoms with E-state index in [0.717, 1.165) is 44.5 Å². The number of ether oxygens (including phenoxy) is 6. The van der Waals surface area contributed by atoms with Gasteiger partial charge >= 0.3 is 0 Å². The fourth-order valence-corrected chi connectivity index (χ4v) is 10.2. The zero-order valence-electron chi connectivity index (χ0n) is 46.9. The molecule has 0 saturated carbocycles. The lowest BCUT2D eigenvalue weighted by Crippen LogP contribution is -2.20. The van der Waals surface area contributed by atoms with Gasteiger partial charge in [-0.1, -0.05) is 73.5 Å². The van der Waals surface area contributed by atoms with Crippen LogP contribution in [0.15, 0.2) is 72.8 Å². The Morgan fingerprint density at radius 1 is 0.228 bits per heavy atom. The molecule has 0 aliphatic carbocycles. The van der Waals surface area contributed by atoms with Crippen molar-refractivity contribution in [3.8, 4) is 69.0 Å². The Morgan fingerprint density at radius 2 is 0.392 bits per heavy atom. The molecule has 0 heterocycles. The highest BCUT2D eigenvalue weighted by molar-refractivity contribution is 5.58. The van der Waals surface area contributed by atoms with Crippen molar-refractivity contribution in [3.05, 3.63) is 208 Å². The average molecular weight is 1090 g/mol. The largest absolute Gasteiger partial charge is 0.457 e. The Morgan fingerprint density at radius 3 is 0.595 bits per heavy atom. The third-order valence-electron chi connectivity index (χ3n) is 14.1. The van der Waals surface area contributed by atoms with Crippen LogP contribution in [-0.4, -0.2) is 0 Å². The van der Waals surface area contributed by atoms with Crippen molar-refractivity contribution in [1.82, 2.24) is 0 Å². The van der Waals surface area contributed by atoms with E-state index in [1.165, 1.54) is 0 Å². The number of benzene rings is 8. The van der Waals surface area contributed by atoms with Crippen LogP contribution in [0.5, 0.6) is 69.0 Å². The maximum Gasteiger partial charge on any atom is 0.208 e. The van der Waals surface area contributed by atoms with Crippen molar-refractivity contribution in [2.45, 2.75) is 116 Å². The van der Waals surface area contributed by atoms with Gasteiger partial charge in [-0.25, -0.2) is 0 Å². The summed E-state index contributed by atoms with van der Waals surface area (Å²) in [6.45, 7) is 28.6. The van der Waals surface area contributed by atoms with Crippen LogP contribution in [0.4, 0.5) is 35.1 Å². The molecule has 0 amide bonds. The standard InChI is InChI=1S/C65H60F8O6/c1-29-17-31(3)57(32(4)18-29)76-61-47(66)51(70)63(52(71)48(61)67)78-59-39(11)25-45(26-40(59)12)74-55-35(7)21-43(22-36(55)8)65(15,16)44-23-37(9)56(38(10)24-44)75-46-27-41(13)60(42(14)28-46)79-64-53(72)49(68)62(50(69)54(64)73)77-58-33(5)19-30(2)20-34(58)6/h17-28H,1-16H3. The zero-order chi connectivity index (χ0) is 58.0. The lowest BCUT2D eigenvalue weighted by atomic mass is 9.76. The molecule has 0 N–H and O–H groups in total. The maximum absolute atomic E-state index is 15.6. The van der Waals surface area contributed by atoms with Crippen LogP contribution in [0.3, 0.4) is 0 Å². The van der Waals surface area contributed by atoms with E-state index >= 15 is 35.1 Å². The molecule has 0 radical (unpaired) electrons. The molecule has 0 bridgehead atoms. The van der Waals surface area contributed by atoms with Gasteiger partial charge in [-0.2, -0.15) is 35.1 Å². The van der Waals surface area contributed by atoms with Gasteiger partial charge in [-0.3, -0.25) is 0 Å². The molecule has 14 heteroatoms. The van der Waals surface area contributed by atoms with Crippen LogP contribution < -0.4 is 28.4 Å². The van der Waals surface area contributed by atoms with Gasteiger partial charge in [0.1, 0.15) is 46.0 Å². The molecule has 0 unspecified atom stereocenters. The molecule has 0 fully saturated rings. The summed E-state index contributed by atoms with van der Waals surface area (Å²) in [5.41, 5.74) is 10.0. The highest BCUT2D eigenvalue weighted by Gasteiger charge is 2.33. The van der Waals surface area contributed by atoms with Gasteiger partial charge in [-0.15, -0.1) is 0 Å². The van der Waals surface area contributed by atoms with Crippen molar-refractivity contribution in [1.29, 1.82) is 0 Å². The van der Waals surface area contributed by atoms with Crippen LogP contribution in [0.25, 0.3) is 0 Å². The summed E-state index contributed by atoms with van der Waals surface area (Å²) in [5.74, 6) is -16.9.